The van der Waals surface area contributed by atoms with Crippen molar-refractivity contribution in [3.63, 3.8) is 0 Å². The van der Waals surface area contributed by atoms with Gasteiger partial charge in [0.2, 0.25) is 0 Å². The maximum Gasteiger partial charge on any atom is 0.0499 e. The average Bonchev–Trinajstić information content (AvgIpc) is 2.63. The van der Waals surface area contributed by atoms with E-state index in [4.69, 9.17) is 23.2 Å². The summed E-state index contributed by atoms with van der Waals surface area (Å²) in [5, 5.41) is 1.85. The van der Waals surface area contributed by atoms with E-state index < -0.39 is 0 Å². The fourth-order valence-electron chi connectivity index (χ4n) is 1.61. The molecule has 1 heterocycles. The Labute approximate surface area is 98.9 Å². The summed E-state index contributed by atoms with van der Waals surface area (Å²) in [6.07, 6.45) is 2.01. The van der Waals surface area contributed by atoms with Gasteiger partial charge in [0.25, 0.3) is 0 Å². The Balaban J connectivity index is 2.45. The van der Waals surface area contributed by atoms with E-state index in [0.717, 1.165) is 28.0 Å². The van der Waals surface area contributed by atoms with Gasteiger partial charge in [-0.05, 0) is 23.8 Å². The van der Waals surface area contributed by atoms with Crippen molar-refractivity contribution in [2.24, 2.45) is 0 Å². The number of fused-ring (bicyclic) bond motifs is 1. The van der Waals surface area contributed by atoms with Gasteiger partial charge < -0.3 is 4.57 Å². The minimum Gasteiger partial charge on any atom is -0.343 e. The molecule has 1 aromatic carbocycles. The standard InChI is InChI=1S/C12H11Cl2N/c1-9(7-13)8-15-6-5-10-11(14)3-2-4-12(10)15/h2-6H,1,7-8H2. The van der Waals surface area contributed by atoms with Crippen molar-refractivity contribution < 1.29 is 0 Å². The number of alkyl halides is 1. The topological polar surface area (TPSA) is 4.93 Å². The van der Waals surface area contributed by atoms with Crippen molar-refractivity contribution in [3.8, 4) is 0 Å². The zero-order chi connectivity index (χ0) is 10.8. The molecular formula is C12H11Cl2N. The fraction of sp³-hybridized carbons (Fsp3) is 0.167. The summed E-state index contributed by atoms with van der Waals surface area (Å²) in [5.41, 5.74) is 2.11. The van der Waals surface area contributed by atoms with Crippen LogP contribution in [-0.4, -0.2) is 10.4 Å². The number of hydrogen-bond donors (Lipinski definition) is 0. The van der Waals surface area contributed by atoms with Crippen LogP contribution in [0.25, 0.3) is 10.9 Å². The Morgan fingerprint density at radius 2 is 2.13 bits per heavy atom. The molecule has 0 amide bonds. The fourth-order valence-corrected chi connectivity index (χ4v) is 1.92. The summed E-state index contributed by atoms with van der Waals surface area (Å²) in [6.45, 7) is 4.63. The predicted molar refractivity (Wildman–Crippen MR) is 66.8 cm³/mol. The van der Waals surface area contributed by atoms with Crippen LogP contribution < -0.4 is 0 Å². The lowest BCUT2D eigenvalue weighted by Crippen LogP contribution is -1.99. The number of halogens is 2. The number of benzene rings is 1. The molecular weight excluding hydrogens is 229 g/mol. The van der Waals surface area contributed by atoms with Gasteiger partial charge in [0, 0.05) is 34.5 Å². The molecule has 0 saturated heterocycles. The Bertz CT molecular complexity index is 499. The van der Waals surface area contributed by atoms with E-state index in [2.05, 4.69) is 11.1 Å². The molecule has 0 aliphatic carbocycles. The van der Waals surface area contributed by atoms with Crippen LogP contribution >= 0.6 is 23.2 Å². The lowest BCUT2D eigenvalue weighted by molar-refractivity contribution is 0.824. The number of rotatable bonds is 3. The molecule has 2 aromatic rings. The summed E-state index contributed by atoms with van der Waals surface area (Å²) in [6, 6.07) is 7.90. The van der Waals surface area contributed by atoms with Gasteiger partial charge in [0.05, 0.1) is 0 Å². The van der Waals surface area contributed by atoms with Crippen LogP contribution in [0.15, 0.2) is 42.6 Å². The van der Waals surface area contributed by atoms with Crippen LogP contribution in [0, 0.1) is 0 Å². The Morgan fingerprint density at radius 1 is 1.33 bits per heavy atom. The number of hydrogen-bond acceptors (Lipinski definition) is 0. The van der Waals surface area contributed by atoms with Crippen LogP contribution in [0.2, 0.25) is 5.02 Å². The summed E-state index contributed by atoms with van der Waals surface area (Å²) in [5.74, 6) is 0.486. The van der Waals surface area contributed by atoms with Crippen molar-refractivity contribution in [1.29, 1.82) is 0 Å². The van der Waals surface area contributed by atoms with Crippen LogP contribution in [0.4, 0.5) is 0 Å². The maximum absolute atomic E-state index is 6.08. The zero-order valence-corrected chi connectivity index (χ0v) is 9.72. The van der Waals surface area contributed by atoms with E-state index in [1.54, 1.807) is 0 Å². The van der Waals surface area contributed by atoms with E-state index in [9.17, 15) is 0 Å². The van der Waals surface area contributed by atoms with Gasteiger partial charge in [-0.25, -0.2) is 0 Å². The first-order chi connectivity index (χ1) is 7.22. The lowest BCUT2D eigenvalue weighted by atomic mass is 10.2. The molecule has 0 bridgehead atoms. The normalized spacial score (nSPS) is 10.8. The van der Waals surface area contributed by atoms with Crippen LogP contribution in [0.1, 0.15) is 0 Å². The summed E-state index contributed by atoms with van der Waals surface area (Å²) >= 11 is 11.8. The number of nitrogens with zero attached hydrogens (tertiary/aromatic N) is 1. The smallest absolute Gasteiger partial charge is 0.0499 e. The Kier molecular flexibility index (Phi) is 3.03. The zero-order valence-electron chi connectivity index (χ0n) is 8.21. The van der Waals surface area contributed by atoms with Crippen molar-refractivity contribution in [3.05, 3.63) is 47.6 Å². The third-order valence-electron chi connectivity index (χ3n) is 2.34. The summed E-state index contributed by atoms with van der Waals surface area (Å²) in [7, 11) is 0. The predicted octanol–water partition coefficient (Wildman–Crippen LogP) is 4.09. The SMILES string of the molecule is C=C(CCl)Cn1ccc2c(Cl)cccc21. The second-order valence-corrected chi connectivity index (χ2v) is 4.17. The monoisotopic (exact) mass is 239 g/mol. The van der Waals surface area contributed by atoms with E-state index in [0.29, 0.717) is 5.88 Å². The number of allylic oxidation sites excluding steroid dienone is 1. The second-order valence-electron chi connectivity index (χ2n) is 3.50. The van der Waals surface area contributed by atoms with E-state index in [-0.39, 0.29) is 0 Å². The minimum atomic E-state index is 0.486. The van der Waals surface area contributed by atoms with Gasteiger partial charge in [0.1, 0.15) is 0 Å². The lowest BCUT2D eigenvalue weighted by Gasteiger charge is -2.05. The summed E-state index contributed by atoms with van der Waals surface area (Å²) < 4.78 is 2.10. The first-order valence-corrected chi connectivity index (χ1v) is 5.59. The van der Waals surface area contributed by atoms with Crippen molar-refractivity contribution in [2.75, 3.05) is 5.88 Å². The molecule has 0 unspecified atom stereocenters. The van der Waals surface area contributed by atoms with Crippen molar-refractivity contribution in [2.45, 2.75) is 6.54 Å². The molecule has 2 rings (SSSR count). The van der Waals surface area contributed by atoms with Crippen molar-refractivity contribution in [1.82, 2.24) is 4.57 Å². The van der Waals surface area contributed by atoms with Crippen LogP contribution in [0.3, 0.4) is 0 Å². The van der Waals surface area contributed by atoms with E-state index in [1.807, 2.05) is 30.5 Å². The van der Waals surface area contributed by atoms with Crippen molar-refractivity contribution >= 4 is 34.1 Å². The second kappa shape index (κ2) is 4.30. The van der Waals surface area contributed by atoms with Crippen LogP contribution in [0.5, 0.6) is 0 Å². The highest BCUT2D eigenvalue weighted by Gasteiger charge is 2.04. The molecule has 0 aliphatic heterocycles. The van der Waals surface area contributed by atoms with Gasteiger partial charge in [-0.3, -0.25) is 0 Å². The van der Waals surface area contributed by atoms with Gasteiger partial charge in [0.15, 0.2) is 0 Å². The third kappa shape index (κ3) is 2.04. The molecule has 0 fully saturated rings. The van der Waals surface area contributed by atoms with Gasteiger partial charge in [-0.15, -0.1) is 11.6 Å². The molecule has 1 nitrogen and oxygen atoms in total. The van der Waals surface area contributed by atoms with Gasteiger partial charge in [-0.1, -0.05) is 24.2 Å². The molecule has 0 spiro atoms. The first kappa shape index (κ1) is 10.6. The highest BCUT2D eigenvalue weighted by molar-refractivity contribution is 6.35. The molecule has 1 aromatic heterocycles. The first-order valence-electron chi connectivity index (χ1n) is 4.68. The van der Waals surface area contributed by atoms with E-state index in [1.165, 1.54) is 0 Å². The van der Waals surface area contributed by atoms with Gasteiger partial charge >= 0.3 is 0 Å². The quantitative estimate of drug-likeness (QED) is 0.562. The molecule has 0 atom stereocenters. The van der Waals surface area contributed by atoms with Crippen LogP contribution in [-0.2, 0) is 6.54 Å². The molecule has 78 valence electrons. The minimum absolute atomic E-state index is 0.486. The summed E-state index contributed by atoms with van der Waals surface area (Å²) in [4.78, 5) is 0. The Hall–Kier alpha value is -0.920. The highest BCUT2D eigenvalue weighted by atomic mass is 35.5. The highest BCUT2D eigenvalue weighted by Crippen LogP contribution is 2.24. The maximum atomic E-state index is 6.08. The molecule has 15 heavy (non-hydrogen) atoms. The molecule has 0 saturated carbocycles. The van der Waals surface area contributed by atoms with E-state index >= 15 is 0 Å². The largest absolute Gasteiger partial charge is 0.343 e. The Morgan fingerprint density at radius 3 is 2.87 bits per heavy atom. The third-order valence-corrected chi connectivity index (χ3v) is 3.05. The molecule has 0 aliphatic rings. The molecule has 3 heteroatoms. The average molecular weight is 240 g/mol. The number of aromatic nitrogens is 1. The van der Waals surface area contributed by atoms with Gasteiger partial charge in [-0.2, -0.15) is 0 Å². The molecule has 0 radical (unpaired) electrons. The molecule has 0 N–H and O–H groups in total.